The van der Waals surface area contributed by atoms with Crippen LogP contribution in [0.1, 0.15) is 48.1 Å². The van der Waals surface area contributed by atoms with Crippen LogP contribution in [-0.4, -0.2) is 32.9 Å². The van der Waals surface area contributed by atoms with Gasteiger partial charge in [-0.1, -0.05) is 73.0 Å². The number of benzene rings is 2. The molecule has 3 aromatic rings. The third-order valence-electron chi connectivity index (χ3n) is 6.98. The topological polar surface area (TPSA) is 67.2 Å². The average Bonchev–Trinajstić information content (AvgIpc) is 3.35. The summed E-state index contributed by atoms with van der Waals surface area (Å²) in [5.74, 6) is 0.470. The Morgan fingerprint density at radius 1 is 1.06 bits per heavy atom. The van der Waals surface area contributed by atoms with Crippen molar-refractivity contribution in [1.82, 2.24) is 19.8 Å². The summed E-state index contributed by atoms with van der Waals surface area (Å²) in [7, 11) is 0. The van der Waals surface area contributed by atoms with E-state index in [1.807, 2.05) is 37.3 Å². The van der Waals surface area contributed by atoms with Gasteiger partial charge < -0.3 is 5.32 Å². The fraction of sp³-hybridized carbons (Fsp3) is 0.393. The molecule has 1 N–H and O–H groups in total. The molecule has 1 saturated carbocycles. The van der Waals surface area contributed by atoms with Crippen LogP contribution in [0.25, 0.3) is 11.4 Å². The molecule has 0 radical (unpaired) electrons. The van der Waals surface area contributed by atoms with Gasteiger partial charge in [-0.15, -0.1) is 0 Å². The molecule has 2 aromatic carbocycles. The lowest BCUT2D eigenvalue weighted by Gasteiger charge is -2.29. The zero-order valence-electron chi connectivity index (χ0n) is 19.8. The first-order chi connectivity index (χ1) is 16.6. The van der Waals surface area contributed by atoms with Gasteiger partial charge in [-0.25, -0.2) is 4.98 Å². The van der Waals surface area contributed by atoms with Gasteiger partial charge in [0.25, 0.3) is 5.56 Å². The van der Waals surface area contributed by atoms with Gasteiger partial charge in [0.15, 0.2) is 0 Å². The van der Waals surface area contributed by atoms with Crippen molar-refractivity contribution >= 4 is 5.91 Å². The van der Waals surface area contributed by atoms with Gasteiger partial charge in [-0.3, -0.25) is 19.1 Å². The third kappa shape index (κ3) is 4.97. The highest BCUT2D eigenvalue weighted by atomic mass is 16.2. The first-order valence-corrected chi connectivity index (χ1v) is 12.3. The Morgan fingerprint density at radius 2 is 1.79 bits per heavy atom. The van der Waals surface area contributed by atoms with Crippen molar-refractivity contribution in [3.63, 3.8) is 0 Å². The maximum Gasteiger partial charge on any atom is 0.257 e. The van der Waals surface area contributed by atoms with Gasteiger partial charge >= 0.3 is 0 Å². The van der Waals surface area contributed by atoms with E-state index in [9.17, 15) is 9.59 Å². The van der Waals surface area contributed by atoms with Crippen molar-refractivity contribution in [2.45, 2.75) is 64.7 Å². The first kappa shape index (κ1) is 22.5. The summed E-state index contributed by atoms with van der Waals surface area (Å²) in [5.41, 5.74) is 4.75. The fourth-order valence-corrected chi connectivity index (χ4v) is 5.11. The smallest absolute Gasteiger partial charge is 0.257 e. The summed E-state index contributed by atoms with van der Waals surface area (Å²) in [6, 6.07) is 18.6. The van der Waals surface area contributed by atoms with Crippen LogP contribution in [0.15, 0.2) is 59.4 Å². The maximum atomic E-state index is 13.6. The number of carbonyl (C=O) groups is 1. The highest BCUT2D eigenvalue weighted by molar-refractivity contribution is 5.77. The minimum Gasteiger partial charge on any atom is -0.352 e. The first-order valence-electron chi connectivity index (χ1n) is 12.3. The standard InChI is InChI=1S/C28H32N4O2/c1-20-11-13-22(14-12-20)27-30-25-18-31(17-21-7-3-2-4-8-21)16-15-24(25)28(34)32(27)19-26(33)29-23-9-5-6-10-23/h2-4,7-8,11-14,23H,5-6,9-10,15-19H2,1H3,(H,29,33). The monoisotopic (exact) mass is 456 g/mol. The zero-order chi connectivity index (χ0) is 23.5. The number of carbonyl (C=O) groups excluding carboxylic acids is 1. The number of aromatic nitrogens is 2. The van der Waals surface area contributed by atoms with Crippen LogP contribution < -0.4 is 10.9 Å². The molecule has 0 unspecified atom stereocenters. The molecule has 6 nitrogen and oxygen atoms in total. The van der Waals surface area contributed by atoms with E-state index in [0.717, 1.165) is 61.2 Å². The summed E-state index contributed by atoms with van der Waals surface area (Å²) in [6.45, 7) is 4.30. The summed E-state index contributed by atoms with van der Waals surface area (Å²) >= 11 is 0. The average molecular weight is 457 g/mol. The van der Waals surface area contributed by atoms with Crippen LogP contribution in [0.4, 0.5) is 0 Å². The second kappa shape index (κ2) is 9.94. The number of hydrogen-bond acceptors (Lipinski definition) is 4. The molecule has 0 bridgehead atoms. The van der Waals surface area contributed by atoms with E-state index in [4.69, 9.17) is 4.98 Å². The Morgan fingerprint density at radius 3 is 2.53 bits per heavy atom. The van der Waals surface area contributed by atoms with Crippen molar-refractivity contribution in [1.29, 1.82) is 0 Å². The van der Waals surface area contributed by atoms with Gasteiger partial charge in [0.2, 0.25) is 5.91 Å². The number of hydrogen-bond donors (Lipinski definition) is 1. The molecule has 176 valence electrons. The SMILES string of the molecule is Cc1ccc(-c2nc3c(c(=O)n2CC(=O)NC2CCCC2)CCN(Cc2ccccc2)C3)cc1. The number of nitrogens with zero attached hydrogens (tertiary/aromatic N) is 3. The lowest BCUT2D eigenvalue weighted by Crippen LogP contribution is -2.41. The van der Waals surface area contributed by atoms with Crippen LogP contribution in [0.3, 0.4) is 0 Å². The highest BCUT2D eigenvalue weighted by Gasteiger charge is 2.25. The molecular formula is C28H32N4O2. The Bertz CT molecular complexity index is 1210. The molecule has 5 rings (SSSR count). The van der Waals surface area contributed by atoms with Gasteiger partial charge in [-0.2, -0.15) is 0 Å². The number of rotatable bonds is 6. The summed E-state index contributed by atoms with van der Waals surface area (Å²) < 4.78 is 1.58. The van der Waals surface area contributed by atoms with Crippen molar-refractivity contribution in [3.05, 3.63) is 87.3 Å². The van der Waals surface area contributed by atoms with E-state index in [2.05, 4.69) is 34.5 Å². The quantitative estimate of drug-likeness (QED) is 0.612. The number of nitrogens with one attached hydrogen (secondary N) is 1. The molecule has 2 heterocycles. The number of fused-ring (bicyclic) bond motifs is 1. The molecule has 0 saturated heterocycles. The molecule has 1 fully saturated rings. The molecule has 2 aliphatic rings. The van der Waals surface area contributed by atoms with Crippen LogP contribution in [-0.2, 0) is 30.8 Å². The van der Waals surface area contributed by atoms with Gasteiger partial charge in [0, 0.05) is 36.8 Å². The van der Waals surface area contributed by atoms with E-state index < -0.39 is 0 Å². The Kier molecular flexibility index (Phi) is 6.59. The Hall–Kier alpha value is -3.25. The van der Waals surface area contributed by atoms with Crippen molar-refractivity contribution in [2.24, 2.45) is 0 Å². The largest absolute Gasteiger partial charge is 0.352 e. The molecule has 0 spiro atoms. The molecule has 0 atom stereocenters. The summed E-state index contributed by atoms with van der Waals surface area (Å²) in [4.78, 5) is 33.8. The fourth-order valence-electron chi connectivity index (χ4n) is 5.11. The normalized spacial score (nSPS) is 16.4. The second-order valence-corrected chi connectivity index (χ2v) is 9.61. The molecule has 34 heavy (non-hydrogen) atoms. The van der Waals surface area contributed by atoms with Crippen LogP contribution >= 0.6 is 0 Å². The Labute approximate surface area is 200 Å². The lowest BCUT2D eigenvalue weighted by molar-refractivity contribution is -0.122. The number of aryl methyl sites for hydroxylation is 1. The van der Waals surface area contributed by atoms with Gasteiger partial charge in [0.1, 0.15) is 12.4 Å². The van der Waals surface area contributed by atoms with Crippen LogP contribution in [0, 0.1) is 6.92 Å². The lowest BCUT2D eigenvalue weighted by atomic mass is 10.0. The van der Waals surface area contributed by atoms with Crippen molar-refractivity contribution < 1.29 is 4.79 Å². The molecule has 1 aromatic heterocycles. The predicted molar refractivity (Wildman–Crippen MR) is 133 cm³/mol. The van der Waals surface area contributed by atoms with Crippen molar-refractivity contribution in [2.75, 3.05) is 6.54 Å². The third-order valence-corrected chi connectivity index (χ3v) is 6.98. The van der Waals surface area contributed by atoms with Crippen molar-refractivity contribution in [3.8, 4) is 11.4 Å². The van der Waals surface area contributed by atoms with Crippen LogP contribution in [0.5, 0.6) is 0 Å². The zero-order valence-corrected chi connectivity index (χ0v) is 19.8. The molecule has 6 heteroatoms. The maximum absolute atomic E-state index is 13.6. The minimum atomic E-state index is -0.106. The van der Waals surface area contributed by atoms with Crippen LogP contribution in [0.2, 0.25) is 0 Å². The van der Waals surface area contributed by atoms with E-state index >= 15 is 0 Å². The van der Waals surface area contributed by atoms with E-state index in [1.54, 1.807) is 4.57 Å². The predicted octanol–water partition coefficient (Wildman–Crippen LogP) is 3.84. The van der Waals surface area contributed by atoms with Gasteiger partial charge in [0.05, 0.1) is 5.69 Å². The number of amides is 1. The molecule has 1 aliphatic carbocycles. The molecular weight excluding hydrogens is 424 g/mol. The summed E-state index contributed by atoms with van der Waals surface area (Å²) in [6.07, 6.45) is 4.99. The highest BCUT2D eigenvalue weighted by Crippen LogP contribution is 2.23. The Balaban J connectivity index is 1.46. The van der Waals surface area contributed by atoms with E-state index in [1.165, 1.54) is 5.56 Å². The van der Waals surface area contributed by atoms with E-state index in [-0.39, 0.29) is 24.1 Å². The van der Waals surface area contributed by atoms with Gasteiger partial charge in [-0.05, 0) is 31.7 Å². The minimum absolute atomic E-state index is 0.00650. The summed E-state index contributed by atoms with van der Waals surface area (Å²) in [5, 5.41) is 3.12. The molecule has 1 amide bonds. The molecule has 1 aliphatic heterocycles. The second-order valence-electron chi connectivity index (χ2n) is 9.61. The van der Waals surface area contributed by atoms with E-state index in [0.29, 0.717) is 18.8 Å².